The quantitative estimate of drug-likeness (QED) is 0.169. The van der Waals surface area contributed by atoms with Crippen molar-refractivity contribution < 1.29 is 23.1 Å². The molecule has 1 heterocycles. The van der Waals surface area contributed by atoms with Crippen molar-refractivity contribution in [2.24, 2.45) is 5.73 Å². The molecule has 12 heteroatoms. The minimum Gasteiger partial charge on any atom is -0.481 e. The third-order valence-corrected chi connectivity index (χ3v) is 6.87. The summed E-state index contributed by atoms with van der Waals surface area (Å²) in [4.78, 5) is 26.1. The Morgan fingerprint density at radius 3 is 2.26 bits per heavy atom. The second-order valence-electron chi connectivity index (χ2n) is 7.92. The lowest BCUT2D eigenvalue weighted by Gasteiger charge is -2.34. The summed E-state index contributed by atoms with van der Waals surface area (Å²) >= 11 is 0. The average molecular weight is 489 g/mol. The van der Waals surface area contributed by atoms with Crippen molar-refractivity contribution in [2.45, 2.75) is 36.4 Å². The predicted molar refractivity (Wildman–Crippen MR) is 127 cm³/mol. The van der Waals surface area contributed by atoms with E-state index in [0.29, 0.717) is 0 Å². The van der Waals surface area contributed by atoms with Crippen LogP contribution in [0, 0.1) is 5.41 Å². The lowest BCUT2D eigenvalue weighted by molar-refractivity contribution is -0.137. The van der Waals surface area contributed by atoms with Crippen molar-refractivity contribution in [1.82, 2.24) is 15.4 Å². The Hall–Kier alpha value is -3.64. The van der Waals surface area contributed by atoms with Crippen molar-refractivity contribution in [2.75, 3.05) is 18.0 Å². The van der Waals surface area contributed by atoms with Crippen LogP contribution in [0.3, 0.4) is 0 Å². The standard InChI is InChI=1S/C22H28N6O5S/c23-22(24)25-16-10-12-28(13-11-16)17-8-6-15(7-9-17)21(31)26-19(14-20(29)30)27-34(32,33)18-4-2-1-3-5-18/h1-9,16,19,27H,10-14H2,(H,26,31)(H,29,30)(H4,23,24,25). The van der Waals surface area contributed by atoms with Crippen molar-refractivity contribution >= 4 is 33.5 Å². The summed E-state index contributed by atoms with van der Waals surface area (Å²) in [6, 6.07) is 14.4. The van der Waals surface area contributed by atoms with Gasteiger partial charge in [-0.1, -0.05) is 18.2 Å². The summed E-state index contributed by atoms with van der Waals surface area (Å²) in [6.07, 6.45) is -0.317. The number of hydrogen-bond acceptors (Lipinski definition) is 6. The molecule has 1 aliphatic heterocycles. The molecule has 11 nitrogen and oxygen atoms in total. The van der Waals surface area contributed by atoms with Crippen molar-refractivity contribution in [3.8, 4) is 0 Å². The maximum atomic E-state index is 12.7. The van der Waals surface area contributed by atoms with Gasteiger partial charge in [-0.3, -0.25) is 15.0 Å². The lowest BCUT2D eigenvalue weighted by Crippen LogP contribution is -2.49. The van der Waals surface area contributed by atoms with E-state index >= 15 is 0 Å². The topological polar surface area (TPSA) is 178 Å². The number of aliphatic carboxylic acids is 1. The number of nitrogens with zero attached hydrogens (tertiary/aromatic N) is 1. The van der Waals surface area contributed by atoms with Gasteiger partial charge in [0.25, 0.3) is 5.91 Å². The number of carbonyl (C=O) groups is 2. The fraction of sp³-hybridized carbons (Fsp3) is 0.318. The number of sulfonamides is 1. The first-order valence-corrected chi connectivity index (χ1v) is 12.2. The highest BCUT2D eigenvalue weighted by molar-refractivity contribution is 7.89. The summed E-state index contributed by atoms with van der Waals surface area (Å²) < 4.78 is 27.4. The van der Waals surface area contributed by atoms with Gasteiger partial charge < -0.3 is 26.4 Å². The molecule has 2 aromatic rings. The molecular weight excluding hydrogens is 460 g/mol. The Morgan fingerprint density at radius 1 is 1.09 bits per heavy atom. The number of amides is 1. The monoisotopic (exact) mass is 488 g/mol. The zero-order valence-electron chi connectivity index (χ0n) is 18.4. The molecule has 1 atom stereocenters. The molecule has 1 amide bonds. The van der Waals surface area contributed by atoms with E-state index in [0.717, 1.165) is 31.6 Å². The fourth-order valence-corrected chi connectivity index (χ4v) is 4.89. The maximum Gasteiger partial charge on any atom is 0.306 e. The molecule has 1 unspecified atom stereocenters. The van der Waals surface area contributed by atoms with Crippen LogP contribution >= 0.6 is 0 Å². The largest absolute Gasteiger partial charge is 0.481 e. The van der Waals surface area contributed by atoms with Crippen molar-refractivity contribution in [1.29, 1.82) is 5.41 Å². The SMILES string of the molecule is N=C(N)NC1CCN(c2ccc(C(=O)NC(CC(=O)O)NS(=O)(=O)c3ccccc3)cc2)CC1. The summed E-state index contributed by atoms with van der Waals surface area (Å²) in [7, 11) is -4.03. The van der Waals surface area contributed by atoms with E-state index in [2.05, 4.69) is 20.3 Å². The van der Waals surface area contributed by atoms with Crippen LogP contribution in [0.2, 0.25) is 0 Å². The molecule has 0 spiro atoms. The molecule has 1 aliphatic rings. The maximum absolute atomic E-state index is 12.7. The number of benzene rings is 2. The van der Waals surface area contributed by atoms with Gasteiger partial charge in [-0.05, 0) is 49.2 Å². The van der Waals surface area contributed by atoms with Crippen LogP contribution in [-0.4, -0.2) is 56.7 Å². The molecule has 2 aromatic carbocycles. The molecule has 1 fully saturated rings. The second kappa shape index (κ2) is 11.0. The van der Waals surface area contributed by atoms with E-state index in [1.54, 1.807) is 42.5 Å². The third-order valence-electron chi connectivity index (χ3n) is 5.38. The first-order chi connectivity index (χ1) is 16.1. The minimum absolute atomic E-state index is 0.0359. The predicted octanol–water partition coefficient (Wildman–Crippen LogP) is 0.648. The van der Waals surface area contributed by atoms with E-state index < -0.39 is 34.5 Å². The van der Waals surface area contributed by atoms with Crippen molar-refractivity contribution in [3.63, 3.8) is 0 Å². The molecule has 0 aromatic heterocycles. The first kappa shape index (κ1) is 25.0. The van der Waals surface area contributed by atoms with Gasteiger partial charge in [0.1, 0.15) is 6.17 Å². The summed E-state index contributed by atoms with van der Waals surface area (Å²) in [5.41, 5.74) is 6.58. The number of nitrogens with one attached hydrogen (secondary N) is 4. The van der Waals surface area contributed by atoms with Crippen LogP contribution in [0.4, 0.5) is 5.69 Å². The molecule has 182 valence electrons. The molecule has 34 heavy (non-hydrogen) atoms. The van der Waals surface area contributed by atoms with Crippen LogP contribution in [0.25, 0.3) is 0 Å². The van der Waals surface area contributed by atoms with Crippen LogP contribution < -0.4 is 26.0 Å². The Balaban J connectivity index is 1.63. The summed E-state index contributed by atoms with van der Waals surface area (Å²) in [5.74, 6) is -1.90. The zero-order valence-corrected chi connectivity index (χ0v) is 19.2. The molecule has 0 radical (unpaired) electrons. The van der Waals surface area contributed by atoms with Gasteiger partial charge in [0, 0.05) is 30.4 Å². The van der Waals surface area contributed by atoms with Gasteiger partial charge in [0.2, 0.25) is 10.0 Å². The van der Waals surface area contributed by atoms with E-state index in [1.165, 1.54) is 12.1 Å². The number of carbonyl (C=O) groups excluding carboxylic acids is 1. The average Bonchev–Trinajstić information content (AvgIpc) is 2.79. The highest BCUT2D eigenvalue weighted by atomic mass is 32.2. The number of carboxylic acids is 1. The molecule has 0 bridgehead atoms. The molecule has 3 rings (SSSR count). The van der Waals surface area contributed by atoms with E-state index in [1.807, 2.05) is 0 Å². The Kier molecular flexibility index (Phi) is 8.08. The highest BCUT2D eigenvalue weighted by Crippen LogP contribution is 2.21. The van der Waals surface area contributed by atoms with E-state index in [-0.39, 0.29) is 22.5 Å². The Morgan fingerprint density at radius 2 is 1.71 bits per heavy atom. The smallest absolute Gasteiger partial charge is 0.306 e. The van der Waals surface area contributed by atoms with Gasteiger partial charge in [-0.25, -0.2) is 8.42 Å². The number of carboxylic acid groups (broad SMARTS) is 1. The van der Waals surface area contributed by atoms with E-state index in [4.69, 9.17) is 16.2 Å². The normalized spacial score (nSPS) is 15.4. The summed E-state index contributed by atoms with van der Waals surface area (Å²) in [6.45, 7) is 1.52. The molecule has 1 saturated heterocycles. The van der Waals surface area contributed by atoms with E-state index in [9.17, 15) is 18.0 Å². The van der Waals surface area contributed by atoms with Gasteiger partial charge >= 0.3 is 5.97 Å². The van der Waals surface area contributed by atoms with Gasteiger partial charge in [-0.2, -0.15) is 4.72 Å². The summed E-state index contributed by atoms with van der Waals surface area (Å²) in [5, 5.41) is 21.9. The van der Waals surface area contributed by atoms with Crippen LogP contribution in [0.5, 0.6) is 0 Å². The molecular formula is C22H28N6O5S. The van der Waals surface area contributed by atoms with Crippen molar-refractivity contribution in [3.05, 3.63) is 60.2 Å². The fourth-order valence-electron chi connectivity index (χ4n) is 3.72. The molecule has 7 N–H and O–H groups in total. The third kappa shape index (κ3) is 6.93. The number of hydrogen-bond donors (Lipinski definition) is 6. The number of piperidine rings is 1. The lowest BCUT2D eigenvalue weighted by atomic mass is 10.0. The second-order valence-corrected chi connectivity index (χ2v) is 9.64. The zero-order chi connectivity index (χ0) is 24.7. The van der Waals surface area contributed by atoms with Crippen LogP contribution in [-0.2, 0) is 14.8 Å². The molecule has 0 aliphatic carbocycles. The molecule has 0 saturated carbocycles. The first-order valence-electron chi connectivity index (χ1n) is 10.7. The van der Waals surface area contributed by atoms with Gasteiger partial charge in [0.05, 0.1) is 11.3 Å². The Bertz CT molecular complexity index is 1120. The number of rotatable bonds is 9. The highest BCUT2D eigenvalue weighted by Gasteiger charge is 2.24. The number of anilines is 1. The van der Waals surface area contributed by atoms with Crippen LogP contribution in [0.15, 0.2) is 59.5 Å². The number of guanidine groups is 1. The minimum atomic E-state index is -4.03. The van der Waals surface area contributed by atoms with Gasteiger partial charge in [-0.15, -0.1) is 0 Å². The number of nitrogens with two attached hydrogens (primary N) is 1. The van der Waals surface area contributed by atoms with Crippen LogP contribution in [0.1, 0.15) is 29.6 Å². The Labute approximate surface area is 197 Å². The van der Waals surface area contributed by atoms with Gasteiger partial charge in [0.15, 0.2) is 5.96 Å².